The highest BCUT2D eigenvalue weighted by molar-refractivity contribution is 5.70. The number of ether oxygens (including phenoxy) is 1. The van der Waals surface area contributed by atoms with Crippen LogP contribution < -0.4 is 10.1 Å². The second-order valence-electron chi connectivity index (χ2n) is 6.05. The molecule has 0 spiro atoms. The lowest BCUT2D eigenvalue weighted by Gasteiger charge is -2.15. The number of hydrogen-bond acceptors (Lipinski definition) is 4. The van der Waals surface area contributed by atoms with Crippen LogP contribution >= 0.6 is 0 Å². The van der Waals surface area contributed by atoms with E-state index in [0.29, 0.717) is 6.04 Å². The number of nitrogens with zero attached hydrogens (tertiary/aromatic N) is 3. The van der Waals surface area contributed by atoms with Gasteiger partial charge in [-0.15, -0.1) is 10.2 Å². The maximum Gasteiger partial charge on any atom is 0.126 e. The third-order valence-electron chi connectivity index (χ3n) is 4.34. The first-order valence-electron chi connectivity index (χ1n) is 8.57. The number of hydrogen-bond donors (Lipinski definition) is 1. The Hall–Kier alpha value is -2.66. The molecule has 1 N–H and O–H groups in total. The van der Waals surface area contributed by atoms with E-state index >= 15 is 0 Å². The number of aryl methyl sites for hydroxylation is 1. The van der Waals surface area contributed by atoms with Gasteiger partial charge in [0, 0.05) is 18.2 Å². The molecule has 0 bridgehead atoms. The third-order valence-corrected chi connectivity index (χ3v) is 4.34. The lowest BCUT2D eigenvalue weighted by Crippen LogP contribution is -2.20. The molecule has 0 aliphatic carbocycles. The predicted molar refractivity (Wildman–Crippen MR) is 99.5 cm³/mol. The van der Waals surface area contributed by atoms with E-state index in [-0.39, 0.29) is 0 Å². The molecule has 0 saturated carbocycles. The summed E-state index contributed by atoms with van der Waals surface area (Å²) in [5.74, 6) is 0.899. The van der Waals surface area contributed by atoms with Gasteiger partial charge in [-0.2, -0.15) is 0 Å². The second-order valence-corrected chi connectivity index (χ2v) is 6.05. The van der Waals surface area contributed by atoms with E-state index in [1.807, 2.05) is 22.8 Å². The Morgan fingerprint density at radius 2 is 1.76 bits per heavy atom. The van der Waals surface area contributed by atoms with Crippen molar-refractivity contribution in [1.29, 1.82) is 0 Å². The Bertz CT molecular complexity index is 769. The molecule has 0 saturated heterocycles. The average Bonchev–Trinajstić information content (AvgIpc) is 3.18. The number of nitrogens with one attached hydrogen (secondary N) is 1. The molecule has 130 valence electrons. The summed E-state index contributed by atoms with van der Waals surface area (Å²) in [5.41, 5.74) is 3.56. The molecule has 3 rings (SSSR count). The number of benzene rings is 2. The van der Waals surface area contributed by atoms with Crippen LogP contribution in [0.5, 0.6) is 5.75 Å². The van der Waals surface area contributed by atoms with E-state index in [9.17, 15) is 0 Å². The van der Waals surface area contributed by atoms with Crippen LogP contribution in [-0.4, -0.2) is 28.4 Å². The Morgan fingerprint density at radius 3 is 2.48 bits per heavy atom. The van der Waals surface area contributed by atoms with Crippen LogP contribution in [0.15, 0.2) is 61.2 Å². The molecule has 2 aromatic carbocycles. The van der Waals surface area contributed by atoms with E-state index in [4.69, 9.17) is 4.74 Å². The fraction of sp³-hybridized carbons (Fsp3) is 0.300. The van der Waals surface area contributed by atoms with Gasteiger partial charge in [-0.3, -0.25) is 0 Å². The summed E-state index contributed by atoms with van der Waals surface area (Å²) in [4.78, 5) is 0. The number of aromatic nitrogens is 3. The number of para-hydroxylation sites is 1. The molecule has 0 fully saturated rings. The fourth-order valence-electron chi connectivity index (χ4n) is 2.87. The van der Waals surface area contributed by atoms with Crippen LogP contribution in [0.25, 0.3) is 11.1 Å². The van der Waals surface area contributed by atoms with Crippen LogP contribution in [0.1, 0.15) is 24.9 Å². The zero-order chi connectivity index (χ0) is 17.5. The average molecular weight is 336 g/mol. The minimum Gasteiger partial charge on any atom is -0.496 e. The zero-order valence-electron chi connectivity index (χ0n) is 14.7. The molecular formula is C20H24N4O. The molecule has 1 unspecified atom stereocenters. The summed E-state index contributed by atoms with van der Waals surface area (Å²) in [6.45, 7) is 4.07. The van der Waals surface area contributed by atoms with E-state index in [1.165, 1.54) is 11.1 Å². The van der Waals surface area contributed by atoms with Gasteiger partial charge in [-0.25, -0.2) is 0 Å². The Labute approximate surface area is 148 Å². The van der Waals surface area contributed by atoms with Crippen molar-refractivity contribution in [3.63, 3.8) is 0 Å². The van der Waals surface area contributed by atoms with Crippen LogP contribution in [0.3, 0.4) is 0 Å². The molecule has 5 nitrogen and oxygen atoms in total. The van der Waals surface area contributed by atoms with Crippen LogP contribution in [-0.2, 0) is 6.54 Å². The van der Waals surface area contributed by atoms with Gasteiger partial charge in [-0.05, 0) is 37.1 Å². The first-order chi connectivity index (χ1) is 12.3. The van der Waals surface area contributed by atoms with E-state index in [1.54, 1.807) is 19.8 Å². The van der Waals surface area contributed by atoms with Crippen molar-refractivity contribution in [2.24, 2.45) is 0 Å². The van der Waals surface area contributed by atoms with Crippen molar-refractivity contribution in [3.05, 3.63) is 66.7 Å². The van der Waals surface area contributed by atoms with Crippen molar-refractivity contribution < 1.29 is 4.74 Å². The summed E-state index contributed by atoms with van der Waals surface area (Å²) < 4.78 is 7.44. The lowest BCUT2D eigenvalue weighted by atomic mass is 10.0. The minimum absolute atomic E-state index is 0.313. The molecule has 1 heterocycles. The molecule has 1 aromatic heterocycles. The normalized spacial score (nSPS) is 12.1. The quantitative estimate of drug-likeness (QED) is 0.637. The smallest absolute Gasteiger partial charge is 0.126 e. The first-order valence-corrected chi connectivity index (χ1v) is 8.57. The van der Waals surface area contributed by atoms with Crippen LogP contribution in [0.4, 0.5) is 0 Å². The highest BCUT2D eigenvalue weighted by Crippen LogP contribution is 2.30. The summed E-state index contributed by atoms with van der Waals surface area (Å²) in [6, 6.07) is 17.1. The highest BCUT2D eigenvalue weighted by atomic mass is 16.5. The fourth-order valence-corrected chi connectivity index (χ4v) is 2.87. The predicted octanol–water partition coefficient (Wildman–Crippen LogP) is 3.69. The molecule has 1 atom stereocenters. The van der Waals surface area contributed by atoms with Gasteiger partial charge in [0.1, 0.15) is 18.4 Å². The van der Waals surface area contributed by atoms with Gasteiger partial charge >= 0.3 is 0 Å². The molecule has 0 radical (unpaired) electrons. The molecule has 0 aliphatic heterocycles. The molecule has 3 aromatic rings. The summed E-state index contributed by atoms with van der Waals surface area (Å²) in [7, 11) is 1.71. The Balaban J connectivity index is 1.56. The second kappa shape index (κ2) is 8.44. The molecule has 5 heteroatoms. The molecular weight excluding hydrogens is 312 g/mol. The Kier molecular flexibility index (Phi) is 5.80. The monoisotopic (exact) mass is 336 g/mol. The SMILES string of the molecule is COc1ccccc1-c1ccc(C(C)NCCCn2cnnc2)cc1. The molecule has 0 aliphatic rings. The highest BCUT2D eigenvalue weighted by Gasteiger charge is 2.07. The van der Waals surface area contributed by atoms with Crippen molar-refractivity contribution in [3.8, 4) is 16.9 Å². The maximum absolute atomic E-state index is 5.45. The summed E-state index contributed by atoms with van der Waals surface area (Å²) in [5, 5.41) is 11.2. The lowest BCUT2D eigenvalue weighted by molar-refractivity contribution is 0.416. The van der Waals surface area contributed by atoms with Gasteiger partial charge in [0.05, 0.1) is 7.11 Å². The topological polar surface area (TPSA) is 52.0 Å². The van der Waals surface area contributed by atoms with E-state index in [2.05, 4.69) is 52.8 Å². The van der Waals surface area contributed by atoms with Gasteiger partial charge in [0.15, 0.2) is 0 Å². The minimum atomic E-state index is 0.313. The maximum atomic E-state index is 5.45. The van der Waals surface area contributed by atoms with Gasteiger partial charge < -0.3 is 14.6 Å². The van der Waals surface area contributed by atoms with E-state index in [0.717, 1.165) is 30.8 Å². The van der Waals surface area contributed by atoms with Crippen molar-refractivity contribution in [2.45, 2.75) is 25.9 Å². The van der Waals surface area contributed by atoms with Gasteiger partial charge in [-0.1, -0.05) is 42.5 Å². The van der Waals surface area contributed by atoms with Gasteiger partial charge in [0.25, 0.3) is 0 Å². The molecule has 0 amide bonds. The van der Waals surface area contributed by atoms with E-state index < -0.39 is 0 Å². The first kappa shape index (κ1) is 17.2. The summed E-state index contributed by atoms with van der Waals surface area (Å²) in [6.07, 6.45) is 4.54. The zero-order valence-corrected chi connectivity index (χ0v) is 14.7. The van der Waals surface area contributed by atoms with Crippen LogP contribution in [0, 0.1) is 0 Å². The Morgan fingerprint density at radius 1 is 1.04 bits per heavy atom. The van der Waals surface area contributed by atoms with Gasteiger partial charge in [0.2, 0.25) is 0 Å². The number of methoxy groups -OCH3 is 1. The van der Waals surface area contributed by atoms with Crippen molar-refractivity contribution in [1.82, 2.24) is 20.1 Å². The number of rotatable bonds is 8. The standard InChI is InChI=1S/C20H24N4O/c1-16(21-12-5-13-24-14-22-23-15-24)17-8-10-18(11-9-17)19-6-3-4-7-20(19)25-2/h3-4,6-11,14-16,21H,5,12-13H2,1-2H3. The molecule has 25 heavy (non-hydrogen) atoms. The largest absolute Gasteiger partial charge is 0.496 e. The van der Waals surface area contributed by atoms with Crippen LogP contribution in [0.2, 0.25) is 0 Å². The van der Waals surface area contributed by atoms with Crippen molar-refractivity contribution in [2.75, 3.05) is 13.7 Å². The van der Waals surface area contributed by atoms with Crippen molar-refractivity contribution >= 4 is 0 Å². The summed E-state index contributed by atoms with van der Waals surface area (Å²) >= 11 is 0. The third kappa shape index (κ3) is 4.45.